The van der Waals surface area contributed by atoms with Crippen molar-refractivity contribution in [2.24, 2.45) is 0 Å². The number of nitrogens with zero attached hydrogens (tertiary/aromatic N) is 1. The minimum absolute atomic E-state index is 0. The number of pyridine rings is 1. The van der Waals surface area contributed by atoms with Crippen molar-refractivity contribution >= 4 is 23.6 Å². The van der Waals surface area contributed by atoms with Gasteiger partial charge in [-0.3, -0.25) is 9.59 Å². The molecule has 2 aromatic carbocycles. The number of carboxylic acid groups (broad SMARTS) is 1. The van der Waals surface area contributed by atoms with Gasteiger partial charge in [-0.1, -0.05) is 30.3 Å². The molecule has 3 aromatic rings. The number of amides is 2. The van der Waals surface area contributed by atoms with Crippen LogP contribution in [0.5, 0.6) is 5.75 Å². The van der Waals surface area contributed by atoms with Crippen molar-refractivity contribution < 1.29 is 58.5 Å². The minimum atomic E-state index is -1.39. The smallest absolute Gasteiger partial charge is 0.550 e. The molecule has 1 aromatic heterocycles. The first-order valence-electron chi connectivity index (χ1n) is 11.8. The van der Waals surface area contributed by atoms with E-state index in [0.29, 0.717) is 29.7 Å². The molecule has 0 spiro atoms. The quantitative estimate of drug-likeness (QED) is 0.169. The maximum Gasteiger partial charge on any atom is 1.00 e. The van der Waals surface area contributed by atoms with Crippen molar-refractivity contribution in [1.29, 1.82) is 0 Å². The number of carboxylic acids is 1. The molecule has 9 nitrogen and oxygen atoms in total. The third-order valence-electron chi connectivity index (χ3n) is 5.53. The number of carbonyl (C=O) groups excluding carboxylic acids is 3. The molecule has 3 rings (SSSR count). The second-order valence-electron chi connectivity index (χ2n) is 8.36. The first-order valence-corrected chi connectivity index (χ1v) is 11.8. The number of aliphatic carboxylic acids is 1. The summed E-state index contributed by atoms with van der Waals surface area (Å²) in [6, 6.07) is 14.5. The standard InChI is InChI=1S/C27H29FN4O5.Na/c28-20-10-7-18(8-11-20)21-12-9-19(15-23(21)33)22(16-27(36)37)32-26(35)17-31-25(34)6-2-4-14-30-24-5-1-3-13-29-24;/h1,3,5,7-13,15,22,33H,2,4,6,14,16-17H2,(H,29,30)(H,31,34)(H,32,35)(H,36,37);/q;+1/p-1. The first kappa shape index (κ1) is 30.8. The minimum Gasteiger partial charge on any atom is -0.550 e. The van der Waals surface area contributed by atoms with Crippen LogP contribution in [0.3, 0.4) is 0 Å². The molecule has 0 bridgehead atoms. The van der Waals surface area contributed by atoms with Crippen LogP contribution in [0.15, 0.2) is 66.9 Å². The molecular formula is C27H28FN4NaO5. The Morgan fingerprint density at radius 3 is 2.42 bits per heavy atom. The van der Waals surface area contributed by atoms with Gasteiger partial charge in [0.1, 0.15) is 17.4 Å². The summed E-state index contributed by atoms with van der Waals surface area (Å²) in [6.45, 7) is 0.330. The second kappa shape index (κ2) is 15.7. The van der Waals surface area contributed by atoms with Crippen molar-refractivity contribution in [3.05, 3.63) is 78.2 Å². The van der Waals surface area contributed by atoms with Crippen LogP contribution in [0.2, 0.25) is 0 Å². The predicted octanol–water partition coefficient (Wildman–Crippen LogP) is -0.707. The molecule has 0 fully saturated rings. The summed E-state index contributed by atoms with van der Waals surface area (Å²) in [5.41, 5.74) is 1.33. The monoisotopic (exact) mass is 530 g/mol. The van der Waals surface area contributed by atoms with Crippen molar-refractivity contribution in [3.8, 4) is 16.9 Å². The summed E-state index contributed by atoms with van der Waals surface area (Å²) < 4.78 is 13.2. The maximum absolute atomic E-state index is 13.2. The number of hydrogen-bond donors (Lipinski definition) is 4. The molecule has 0 aliphatic carbocycles. The summed E-state index contributed by atoms with van der Waals surface area (Å²) in [5.74, 6) is -2.10. The fourth-order valence-corrected chi connectivity index (χ4v) is 3.66. The number of aromatic nitrogens is 1. The van der Waals surface area contributed by atoms with Crippen LogP contribution in [0, 0.1) is 5.82 Å². The number of phenols is 1. The van der Waals surface area contributed by atoms with Crippen LogP contribution in [-0.4, -0.2) is 41.0 Å². The molecule has 11 heteroatoms. The van der Waals surface area contributed by atoms with Crippen LogP contribution < -0.4 is 50.6 Å². The Labute approximate surface area is 242 Å². The molecule has 2 amide bonds. The molecule has 4 N–H and O–H groups in total. The van der Waals surface area contributed by atoms with Gasteiger partial charge < -0.3 is 31.0 Å². The van der Waals surface area contributed by atoms with Crippen molar-refractivity contribution in [2.45, 2.75) is 31.7 Å². The maximum atomic E-state index is 13.2. The summed E-state index contributed by atoms with van der Waals surface area (Å²) in [5, 5.41) is 29.9. The van der Waals surface area contributed by atoms with Gasteiger partial charge in [0.05, 0.1) is 12.6 Å². The molecule has 1 heterocycles. The molecule has 0 aliphatic heterocycles. The van der Waals surface area contributed by atoms with E-state index in [1.807, 2.05) is 18.2 Å². The van der Waals surface area contributed by atoms with Gasteiger partial charge in [0.15, 0.2) is 0 Å². The average molecular weight is 531 g/mol. The number of hydrogen-bond acceptors (Lipinski definition) is 7. The van der Waals surface area contributed by atoms with E-state index >= 15 is 0 Å². The Balaban J connectivity index is 0.00000507. The van der Waals surface area contributed by atoms with E-state index in [2.05, 4.69) is 20.9 Å². The fraction of sp³-hybridized carbons (Fsp3) is 0.259. The van der Waals surface area contributed by atoms with E-state index in [-0.39, 0.29) is 54.2 Å². The Hall–Kier alpha value is -3.47. The molecule has 1 atom stereocenters. The molecule has 194 valence electrons. The van der Waals surface area contributed by atoms with E-state index in [9.17, 15) is 29.0 Å². The second-order valence-corrected chi connectivity index (χ2v) is 8.36. The van der Waals surface area contributed by atoms with Gasteiger partial charge in [0.25, 0.3) is 0 Å². The molecule has 38 heavy (non-hydrogen) atoms. The predicted molar refractivity (Wildman–Crippen MR) is 134 cm³/mol. The molecule has 1 unspecified atom stereocenters. The van der Waals surface area contributed by atoms with E-state index in [0.717, 1.165) is 12.2 Å². The molecule has 0 saturated heterocycles. The zero-order valence-electron chi connectivity index (χ0n) is 21.1. The van der Waals surface area contributed by atoms with Gasteiger partial charge in [-0.05, 0) is 54.3 Å². The number of carbonyl (C=O) groups is 3. The van der Waals surface area contributed by atoms with Gasteiger partial charge >= 0.3 is 29.6 Å². The van der Waals surface area contributed by atoms with Crippen molar-refractivity contribution in [2.75, 3.05) is 18.4 Å². The van der Waals surface area contributed by atoms with Gasteiger partial charge in [0.2, 0.25) is 11.8 Å². The number of unbranched alkanes of at least 4 members (excludes halogenated alkanes) is 1. The molecule has 0 radical (unpaired) electrons. The van der Waals surface area contributed by atoms with Gasteiger partial charge in [-0.25, -0.2) is 9.37 Å². The summed E-state index contributed by atoms with van der Waals surface area (Å²) in [4.78, 5) is 39.9. The van der Waals surface area contributed by atoms with Crippen LogP contribution in [-0.2, 0) is 14.4 Å². The number of nitrogens with one attached hydrogen (secondary N) is 3. The van der Waals surface area contributed by atoms with Gasteiger partial charge in [-0.2, -0.15) is 0 Å². The molecular weight excluding hydrogens is 502 g/mol. The number of anilines is 1. The topological polar surface area (TPSA) is 143 Å². The average Bonchev–Trinajstić information content (AvgIpc) is 2.88. The largest absolute Gasteiger partial charge is 1.00 e. The number of benzene rings is 2. The third kappa shape index (κ3) is 10.1. The van der Waals surface area contributed by atoms with Crippen LogP contribution in [0.1, 0.15) is 37.3 Å². The Morgan fingerprint density at radius 2 is 1.76 bits per heavy atom. The molecule has 0 aliphatic rings. The van der Waals surface area contributed by atoms with E-state index in [1.54, 1.807) is 18.3 Å². The zero-order valence-corrected chi connectivity index (χ0v) is 23.1. The number of phenolic OH excluding ortho intramolecular Hbond substituents is 1. The number of halogens is 1. The van der Waals surface area contributed by atoms with E-state index in [4.69, 9.17) is 0 Å². The Kier molecular flexibility index (Phi) is 12.7. The van der Waals surface area contributed by atoms with E-state index < -0.39 is 30.2 Å². The van der Waals surface area contributed by atoms with Crippen molar-refractivity contribution in [3.63, 3.8) is 0 Å². The third-order valence-corrected chi connectivity index (χ3v) is 5.53. The Morgan fingerprint density at radius 1 is 1.00 bits per heavy atom. The summed E-state index contributed by atoms with van der Waals surface area (Å²) >= 11 is 0. The fourth-order valence-electron chi connectivity index (χ4n) is 3.66. The van der Waals surface area contributed by atoms with Crippen LogP contribution in [0.25, 0.3) is 11.1 Å². The summed E-state index contributed by atoms with van der Waals surface area (Å²) in [7, 11) is 0. The van der Waals surface area contributed by atoms with Crippen molar-refractivity contribution in [1.82, 2.24) is 15.6 Å². The van der Waals surface area contributed by atoms with Gasteiger partial charge in [-0.15, -0.1) is 0 Å². The van der Waals surface area contributed by atoms with Crippen LogP contribution >= 0.6 is 0 Å². The van der Waals surface area contributed by atoms with E-state index in [1.165, 1.54) is 30.3 Å². The SMILES string of the molecule is O=C([O-])CC(NC(=O)CNC(=O)CCCCNc1ccccn1)c1ccc(-c2ccc(F)cc2)c(O)c1.[Na+]. The summed E-state index contributed by atoms with van der Waals surface area (Å²) in [6.07, 6.45) is 2.74. The van der Waals surface area contributed by atoms with Gasteiger partial charge in [0, 0.05) is 37.1 Å². The normalized spacial score (nSPS) is 11.1. The number of aromatic hydroxyl groups is 1. The zero-order chi connectivity index (χ0) is 26.6. The van der Waals surface area contributed by atoms with Crippen LogP contribution in [0.4, 0.5) is 10.2 Å². The number of rotatable bonds is 13. The molecule has 0 saturated carbocycles. The first-order chi connectivity index (χ1) is 17.8. The Bertz CT molecular complexity index is 1210.